The monoisotopic (exact) mass is 524 g/mol. The lowest BCUT2D eigenvalue weighted by Gasteiger charge is -2.31. The zero-order valence-corrected chi connectivity index (χ0v) is 21.8. The second-order valence-electron chi connectivity index (χ2n) is 9.36. The van der Waals surface area contributed by atoms with E-state index in [0.29, 0.717) is 60.2 Å². The normalized spacial score (nSPS) is 14.1. The lowest BCUT2D eigenvalue weighted by Crippen LogP contribution is -2.41. The van der Waals surface area contributed by atoms with Crippen LogP contribution in [0.4, 0.5) is 11.5 Å². The third kappa shape index (κ3) is 4.56. The predicted octanol–water partition coefficient (Wildman–Crippen LogP) is 5.85. The summed E-state index contributed by atoms with van der Waals surface area (Å²) in [7, 11) is 3.24. The number of hydrogen-bond donors (Lipinski definition) is 1. The van der Waals surface area contributed by atoms with Crippen molar-refractivity contribution in [3.05, 3.63) is 67.5 Å². The summed E-state index contributed by atoms with van der Waals surface area (Å²) in [4.78, 5) is 22.7. The van der Waals surface area contributed by atoms with Gasteiger partial charge in [-0.2, -0.15) is 0 Å². The van der Waals surface area contributed by atoms with Gasteiger partial charge in [0, 0.05) is 54.2 Å². The molecule has 0 atom stereocenters. The van der Waals surface area contributed by atoms with E-state index in [1.165, 1.54) is 12.4 Å². The molecular formula is C30H28N4O5. The summed E-state index contributed by atoms with van der Waals surface area (Å²) in [6.07, 6.45) is 4.23. The average molecular weight is 525 g/mol. The lowest BCUT2D eigenvalue weighted by atomic mass is 10.1. The number of rotatable bonds is 7. The molecule has 5 aromatic rings. The van der Waals surface area contributed by atoms with Crippen molar-refractivity contribution in [3.8, 4) is 17.2 Å². The number of nitrogens with zero attached hydrogens (tertiary/aromatic N) is 3. The number of anilines is 2. The van der Waals surface area contributed by atoms with Crippen molar-refractivity contribution < 1.29 is 23.4 Å². The fraction of sp³-hybridized carbons (Fsp3) is 0.233. The molecule has 0 spiro atoms. The highest BCUT2D eigenvalue weighted by atomic mass is 16.5. The molecule has 1 N–H and O–H groups in total. The molecule has 1 amide bonds. The third-order valence-corrected chi connectivity index (χ3v) is 7.09. The number of methoxy groups -OCH3 is 2. The number of nitrogens with one attached hydrogen (secondary N) is 1. The summed E-state index contributed by atoms with van der Waals surface area (Å²) >= 11 is 0. The molecule has 9 heteroatoms. The summed E-state index contributed by atoms with van der Waals surface area (Å²) < 4.78 is 23.8. The van der Waals surface area contributed by atoms with Crippen LogP contribution < -0.4 is 19.5 Å². The number of aromatic nitrogens is 2. The molecular weight excluding hydrogens is 496 g/mol. The van der Waals surface area contributed by atoms with Crippen molar-refractivity contribution in [2.24, 2.45) is 0 Å². The molecule has 0 saturated carbocycles. The Morgan fingerprint density at radius 2 is 1.74 bits per heavy atom. The molecule has 3 heterocycles. The number of ether oxygens (including phenoxy) is 3. The maximum absolute atomic E-state index is 11.9. The van der Waals surface area contributed by atoms with Crippen molar-refractivity contribution in [2.45, 2.75) is 18.9 Å². The summed E-state index contributed by atoms with van der Waals surface area (Å²) in [5.74, 6) is 2.37. The van der Waals surface area contributed by atoms with Crippen LogP contribution in [0.1, 0.15) is 12.8 Å². The molecule has 0 unspecified atom stereocenters. The van der Waals surface area contributed by atoms with Gasteiger partial charge in [-0.1, -0.05) is 24.8 Å². The van der Waals surface area contributed by atoms with Gasteiger partial charge in [-0.15, -0.1) is 0 Å². The van der Waals surface area contributed by atoms with Gasteiger partial charge in [-0.05, 0) is 24.3 Å². The van der Waals surface area contributed by atoms with Crippen LogP contribution in [0.15, 0.2) is 71.9 Å². The first-order chi connectivity index (χ1) is 19.1. The zero-order chi connectivity index (χ0) is 26.9. The van der Waals surface area contributed by atoms with E-state index in [1.54, 1.807) is 19.1 Å². The van der Waals surface area contributed by atoms with E-state index < -0.39 is 0 Å². The fourth-order valence-electron chi connectivity index (χ4n) is 5.06. The van der Waals surface area contributed by atoms with Crippen LogP contribution in [0, 0.1) is 0 Å². The van der Waals surface area contributed by atoms with Crippen molar-refractivity contribution in [3.63, 3.8) is 0 Å². The SMILES string of the molecule is C=CC(=O)N1CCC(Oc2cc3c(Nc4cc5oc6ccccc6c5cc4OC)ncnc3cc2OC)CC1. The molecule has 1 aliphatic heterocycles. The Bertz CT molecular complexity index is 1700. The van der Waals surface area contributed by atoms with Gasteiger partial charge in [0.25, 0.3) is 0 Å². The number of likely N-dealkylation sites (tertiary alicyclic amines) is 1. The highest BCUT2D eigenvalue weighted by Gasteiger charge is 2.24. The van der Waals surface area contributed by atoms with Crippen LogP contribution in [0.5, 0.6) is 17.2 Å². The number of fused-ring (bicyclic) bond motifs is 4. The van der Waals surface area contributed by atoms with Crippen LogP contribution in [0.2, 0.25) is 0 Å². The Morgan fingerprint density at radius 1 is 0.974 bits per heavy atom. The number of para-hydroxylation sites is 1. The smallest absolute Gasteiger partial charge is 0.245 e. The van der Waals surface area contributed by atoms with Crippen LogP contribution in [-0.2, 0) is 4.79 Å². The van der Waals surface area contributed by atoms with Gasteiger partial charge in [-0.25, -0.2) is 9.97 Å². The zero-order valence-electron chi connectivity index (χ0n) is 21.8. The number of hydrogen-bond acceptors (Lipinski definition) is 8. The van der Waals surface area contributed by atoms with Gasteiger partial charge in [0.15, 0.2) is 11.5 Å². The van der Waals surface area contributed by atoms with Crippen LogP contribution in [0.3, 0.4) is 0 Å². The average Bonchev–Trinajstić information content (AvgIpc) is 3.34. The Hall–Kier alpha value is -4.79. The van der Waals surface area contributed by atoms with E-state index in [1.807, 2.05) is 48.5 Å². The van der Waals surface area contributed by atoms with Gasteiger partial charge in [-0.3, -0.25) is 4.79 Å². The molecule has 0 aliphatic carbocycles. The number of benzene rings is 3. The van der Waals surface area contributed by atoms with E-state index in [-0.39, 0.29) is 12.0 Å². The minimum Gasteiger partial charge on any atom is -0.495 e. The van der Waals surface area contributed by atoms with Gasteiger partial charge in [0.1, 0.15) is 35.2 Å². The molecule has 1 fully saturated rings. The highest BCUT2D eigenvalue weighted by Crippen LogP contribution is 2.40. The Labute approximate surface area is 225 Å². The van der Waals surface area contributed by atoms with Crippen molar-refractivity contribution in [2.75, 3.05) is 32.6 Å². The summed E-state index contributed by atoms with van der Waals surface area (Å²) in [5, 5.41) is 6.17. The van der Waals surface area contributed by atoms with E-state index in [4.69, 9.17) is 18.6 Å². The molecule has 6 rings (SSSR count). The van der Waals surface area contributed by atoms with E-state index in [9.17, 15) is 4.79 Å². The standard InChI is InChI=1S/C30H28N4O5/c1-4-29(35)34-11-9-18(10-12-34)38-28-14-21-22(15-27(28)37-3)31-17-32-30(21)33-23-16-25-20(13-26(23)36-2)19-7-5-6-8-24(19)39-25/h4-8,13-18H,1,9-12H2,2-3H3,(H,31,32,33). The Kier molecular flexibility index (Phi) is 6.40. The summed E-state index contributed by atoms with van der Waals surface area (Å²) in [6.45, 7) is 4.81. The molecule has 0 radical (unpaired) electrons. The Morgan fingerprint density at radius 3 is 2.51 bits per heavy atom. The van der Waals surface area contributed by atoms with Gasteiger partial charge < -0.3 is 28.8 Å². The number of piperidine rings is 1. The Balaban J connectivity index is 1.34. The molecule has 198 valence electrons. The molecule has 39 heavy (non-hydrogen) atoms. The second kappa shape index (κ2) is 10.2. The summed E-state index contributed by atoms with van der Waals surface area (Å²) in [5.41, 5.74) is 2.96. The van der Waals surface area contributed by atoms with Crippen molar-refractivity contribution >= 4 is 50.3 Å². The minimum absolute atomic E-state index is 0.0539. The molecule has 1 saturated heterocycles. The van der Waals surface area contributed by atoms with Gasteiger partial charge in [0.2, 0.25) is 5.91 Å². The molecule has 1 aliphatic rings. The second-order valence-corrected chi connectivity index (χ2v) is 9.36. The number of carbonyl (C=O) groups is 1. The molecule has 0 bridgehead atoms. The molecule has 2 aromatic heterocycles. The topological polar surface area (TPSA) is 99.0 Å². The predicted molar refractivity (Wildman–Crippen MR) is 150 cm³/mol. The largest absolute Gasteiger partial charge is 0.495 e. The number of furan rings is 1. The third-order valence-electron chi connectivity index (χ3n) is 7.09. The first kappa shape index (κ1) is 24.5. The van der Waals surface area contributed by atoms with E-state index in [0.717, 1.165) is 27.3 Å². The highest BCUT2D eigenvalue weighted by molar-refractivity contribution is 6.07. The minimum atomic E-state index is -0.0548. The molecule has 9 nitrogen and oxygen atoms in total. The van der Waals surface area contributed by atoms with E-state index >= 15 is 0 Å². The van der Waals surface area contributed by atoms with Crippen LogP contribution >= 0.6 is 0 Å². The maximum atomic E-state index is 11.9. The van der Waals surface area contributed by atoms with Gasteiger partial charge >= 0.3 is 0 Å². The van der Waals surface area contributed by atoms with Crippen LogP contribution in [0.25, 0.3) is 32.8 Å². The van der Waals surface area contributed by atoms with Crippen LogP contribution in [-0.4, -0.2) is 54.2 Å². The van der Waals surface area contributed by atoms with E-state index in [2.05, 4.69) is 21.9 Å². The number of amides is 1. The fourth-order valence-corrected chi connectivity index (χ4v) is 5.06. The van der Waals surface area contributed by atoms with Crippen molar-refractivity contribution in [1.82, 2.24) is 14.9 Å². The maximum Gasteiger partial charge on any atom is 0.245 e. The van der Waals surface area contributed by atoms with Crippen molar-refractivity contribution in [1.29, 1.82) is 0 Å². The van der Waals surface area contributed by atoms with Gasteiger partial charge in [0.05, 0.1) is 25.4 Å². The quantitative estimate of drug-likeness (QED) is 0.265. The lowest BCUT2D eigenvalue weighted by molar-refractivity contribution is -0.127. The first-order valence-corrected chi connectivity index (χ1v) is 12.7. The first-order valence-electron chi connectivity index (χ1n) is 12.7. The number of carbonyl (C=O) groups excluding carboxylic acids is 1. The molecule has 3 aromatic carbocycles. The summed E-state index contributed by atoms with van der Waals surface area (Å²) in [6, 6.07) is 15.5.